The van der Waals surface area contributed by atoms with Crippen LogP contribution in [0.4, 0.5) is 11.6 Å². The molecule has 1 fully saturated rings. The molecule has 1 saturated heterocycles. The van der Waals surface area contributed by atoms with Crippen LogP contribution in [0.25, 0.3) is 22.2 Å². The van der Waals surface area contributed by atoms with E-state index in [1.54, 1.807) is 12.3 Å². The maximum Gasteiger partial charge on any atom is 0.246 e. The lowest BCUT2D eigenvalue weighted by atomic mass is 10.1. The molecule has 1 amide bonds. The van der Waals surface area contributed by atoms with E-state index in [-0.39, 0.29) is 11.9 Å². The number of ether oxygens (including phenoxy) is 1. The summed E-state index contributed by atoms with van der Waals surface area (Å²) in [5.74, 6) is 2.84. The number of pyridine rings is 1. The second-order valence-electron chi connectivity index (χ2n) is 10.4. The van der Waals surface area contributed by atoms with Crippen molar-refractivity contribution in [3.05, 3.63) is 104 Å². The SMILES string of the molecule is CN(C/C=C/C(=O)N1CCC[C@@H](n2cc(-c3ccc(Oc4ccccc4)cc3)c3c(N)ncnc32)C1)c1ccccn1. The van der Waals surface area contributed by atoms with Crippen LogP contribution in [0.15, 0.2) is 104 Å². The third-order valence-corrected chi connectivity index (χ3v) is 7.56. The summed E-state index contributed by atoms with van der Waals surface area (Å²) in [6, 6.07) is 23.5. The van der Waals surface area contributed by atoms with Crippen molar-refractivity contribution in [2.24, 2.45) is 0 Å². The van der Waals surface area contributed by atoms with Gasteiger partial charge in [0.05, 0.1) is 11.4 Å². The van der Waals surface area contributed by atoms with Crippen LogP contribution in [0, 0.1) is 0 Å². The van der Waals surface area contributed by atoms with E-state index in [0.29, 0.717) is 18.9 Å². The number of benzene rings is 2. The van der Waals surface area contributed by atoms with E-state index < -0.39 is 0 Å². The zero-order chi connectivity index (χ0) is 28.9. The molecule has 1 aliphatic rings. The van der Waals surface area contributed by atoms with Gasteiger partial charge in [0.15, 0.2) is 0 Å². The highest BCUT2D eigenvalue weighted by Gasteiger charge is 2.27. The third-order valence-electron chi connectivity index (χ3n) is 7.56. The summed E-state index contributed by atoms with van der Waals surface area (Å²) in [4.78, 5) is 30.3. The van der Waals surface area contributed by atoms with Crippen molar-refractivity contribution in [3.8, 4) is 22.6 Å². The highest BCUT2D eigenvalue weighted by Crippen LogP contribution is 2.37. The van der Waals surface area contributed by atoms with Crippen molar-refractivity contribution in [2.45, 2.75) is 18.9 Å². The van der Waals surface area contributed by atoms with Crippen LogP contribution in [-0.4, -0.2) is 57.0 Å². The Labute approximate surface area is 244 Å². The standard InChI is InChI=1S/C33H33N7O2/c1-38(29-12-5-6-18-35-29)19-8-13-30(41)39-20-7-9-25(21-39)40-22-28(31-32(34)36-23-37-33(31)40)24-14-16-27(17-15-24)42-26-10-3-2-4-11-26/h2-6,8,10-18,22-23,25H,7,9,19-21H2,1H3,(H2,34,36,37)/b13-8+/t25-/m1/s1. The number of nitrogens with two attached hydrogens (primary N) is 1. The van der Waals surface area contributed by atoms with Gasteiger partial charge in [-0.2, -0.15) is 0 Å². The molecule has 1 atom stereocenters. The number of hydrogen-bond acceptors (Lipinski definition) is 7. The Morgan fingerprint density at radius 2 is 1.81 bits per heavy atom. The van der Waals surface area contributed by atoms with E-state index in [4.69, 9.17) is 10.5 Å². The number of piperidine rings is 1. The quantitative estimate of drug-likeness (QED) is 0.243. The predicted molar refractivity (Wildman–Crippen MR) is 165 cm³/mol. The Kier molecular flexibility index (Phi) is 7.81. The molecule has 0 saturated carbocycles. The van der Waals surface area contributed by atoms with E-state index in [2.05, 4.69) is 25.7 Å². The normalized spacial score (nSPS) is 15.3. The van der Waals surface area contributed by atoms with Gasteiger partial charge < -0.3 is 24.8 Å². The second kappa shape index (κ2) is 12.1. The van der Waals surface area contributed by atoms with Gasteiger partial charge in [0.2, 0.25) is 5.91 Å². The molecule has 3 aromatic heterocycles. The Morgan fingerprint density at radius 1 is 1.02 bits per heavy atom. The van der Waals surface area contributed by atoms with Crippen molar-refractivity contribution in [1.29, 1.82) is 0 Å². The summed E-state index contributed by atoms with van der Waals surface area (Å²) >= 11 is 0. The number of carbonyl (C=O) groups is 1. The molecule has 0 radical (unpaired) electrons. The maximum atomic E-state index is 13.1. The number of aromatic nitrogens is 4. The molecule has 9 heteroatoms. The number of fused-ring (bicyclic) bond motifs is 1. The van der Waals surface area contributed by atoms with Crippen LogP contribution < -0.4 is 15.4 Å². The van der Waals surface area contributed by atoms with Crippen LogP contribution in [0.1, 0.15) is 18.9 Å². The minimum Gasteiger partial charge on any atom is -0.457 e. The largest absolute Gasteiger partial charge is 0.457 e. The molecule has 1 aliphatic heterocycles. The van der Waals surface area contributed by atoms with E-state index in [1.807, 2.05) is 95.7 Å². The highest BCUT2D eigenvalue weighted by molar-refractivity contribution is 6.00. The van der Waals surface area contributed by atoms with Gasteiger partial charge in [-0.3, -0.25) is 4.79 Å². The molecular weight excluding hydrogens is 526 g/mol. The molecule has 0 spiro atoms. The first-order chi connectivity index (χ1) is 20.6. The van der Waals surface area contributed by atoms with Gasteiger partial charge in [-0.05, 0) is 54.8 Å². The van der Waals surface area contributed by atoms with Crippen LogP contribution in [0.5, 0.6) is 11.5 Å². The number of likely N-dealkylation sites (N-methyl/N-ethyl adjacent to an activating group) is 1. The molecule has 9 nitrogen and oxygen atoms in total. The topological polar surface area (TPSA) is 102 Å². The Hall–Kier alpha value is -5.18. The summed E-state index contributed by atoms with van der Waals surface area (Å²) < 4.78 is 8.14. The summed E-state index contributed by atoms with van der Waals surface area (Å²) in [5.41, 5.74) is 9.11. The number of amides is 1. The van der Waals surface area contributed by atoms with Crippen molar-refractivity contribution in [1.82, 2.24) is 24.4 Å². The molecule has 6 rings (SSSR count). The van der Waals surface area contributed by atoms with E-state index >= 15 is 0 Å². The average molecular weight is 560 g/mol. The molecule has 2 aromatic carbocycles. The van der Waals surface area contributed by atoms with Crippen LogP contribution >= 0.6 is 0 Å². The molecule has 2 N–H and O–H groups in total. The first kappa shape index (κ1) is 27.0. The molecular formula is C33H33N7O2. The first-order valence-corrected chi connectivity index (χ1v) is 14.1. The summed E-state index contributed by atoms with van der Waals surface area (Å²) in [5, 5.41) is 0.815. The Morgan fingerprint density at radius 3 is 2.60 bits per heavy atom. The minimum atomic E-state index is 0.00829. The molecule has 4 heterocycles. The minimum absolute atomic E-state index is 0.00829. The molecule has 0 unspecified atom stereocenters. The number of anilines is 2. The lowest BCUT2D eigenvalue weighted by Gasteiger charge is -2.33. The second-order valence-corrected chi connectivity index (χ2v) is 10.4. The van der Waals surface area contributed by atoms with Gasteiger partial charge >= 0.3 is 0 Å². The Balaban J connectivity index is 1.20. The summed E-state index contributed by atoms with van der Waals surface area (Å²) in [6.45, 7) is 1.91. The monoisotopic (exact) mass is 559 g/mol. The average Bonchev–Trinajstić information content (AvgIpc) is 3.43. The zero-order valence-corrected chi connectivity index (χ0v) is 23.5. The lowest BCUT2D eigenvalue weighted by molar-refractivity contribution is -0.127. The molecule has 5 aromatic rings. The number of hydrogen-bond donors (Lipinski definition) is 1. The highest BCUT2D eigenvalue weighted by atomic mass is 16.5. The fourth-order valence-electron chi connectivity index (χ4n) is 5.40. The van der Waals surface area contributed by atoms with Crippen LogP contribution in [0.3, 0.4) is 0 Å². The molecule has 0 bridgehead atoms. The number of likely N-dealkylation sites (tertiary alicyclic amines) is 1. The number of nitrogens with zero attached hydrogens (tertiary/aromatic N) is 6. The summed E-state index contributed by atoms with van der Waals surface area (Å²) in [6.07, 6.45) is 10.8. The van der Waals surface area contributed by atoms with Gasteiger partial charge in [-0.1, -0.05) is 42.5 Å². The predicted octanol–water partition coefficient (Wildman–Crippen LogP) is 5.72. The van der Waals surface area contributed by atoms with Gasteiger partial charge in [0.1, 0.15) is 35.1 Å². The number of rotatable bonds is 8. The van der Waals surface area contributed by atoms with Gasteiger partial charge in [-0.15, -0.1) is 0 Å². The molecule has 42 heavy (non-hydrogen) atoms. The molecule has 0 aliphatic carbocycles. The van der Waals surface area contributed by atoms with Gasteiger partial charge in [0, 0.05) is 50.7 Å². The maximum absolute atomic E-state index is 13.1. The van der Waals surface area contributed by atoms with Crippen molar-refractivity contribution >= 4 is 28.6 Å². The lowest BCUT2D eigenvalue weighted by Crippen LogP contribution is -2.39. The van der Waals surface area contributed by atoms with Crippen molar-refractivity contribution < 1.29 is 9.53 Å². The zero-order valence-electron chi connectivity index (χ0n) is 23.5. The fourth-order valence-corrected chi connectivity index (χ4v) is 5.40. The number of carbonyl (C=O) groups excluding carboxylic acids is 1. The fraction of sp³-hybridized carbons (Fsp3) is 0.212. The smallest absolute Gasteiger partial charge is 0.246 e. The van der Waals surface area contributed by atoms with E-state index in [1.165, 1.54) is 6.33 Å². The first-order valence-electron chi connectivity index (χ1n) is 14.1. The van der Waals surface area contributed by atoms with Crippen LogP contribution in [0.2, 0.25) is 0 Å². The van der Waals surface area contributed by atoms with Crippen molar-refractivity contribution in [2.75, 3.05) is 37.3 Å². The Bertz CT molecular complexity index is 1680. The van der Waals surface area contributed by atoms with Gasteiger partial charge in [0.25, 0.3) is 0 Å². The molecule has 212 valence electrons. The van der Waals surface area contributed by atoms with Crippen LogP contribution in [-0.2, 0) is 4.79 Å². The van der Waals surface area contributed by atoms with Gasteiger partial charge in [-0.25, -0.2) is 15.0 Å². The van der Waals surface area contributed by atoms with E-state index in [9.17, 15) is 4.79 Å². The number of para-hydroxylation sites is 1. The number of nitrogen functional groups attached to an aromatic ring is 1. The third kappa shape index (κ3) is 5.81. The van der Waals surface area contributed by atoms with E-state index in [0.717, 1.165) is 58.9 Å². The summed E-state index contributed by atoms with van der Waals surface area (Å²) in [7, 11) is 1.96. The van der Waals surface area contributed by atoms with Crippen molar-refractivity contribution in [3.63, 3.8) is 0 Å².